The largest absolute Gasteiger partial charge is 0.288 e. The first-order valence-corrected chi connectivity index (χ1v) is 9.53. The fourth-order valence-corrected chi connectivity index (χ4v) is 3.34. The van der Waals surface area contributed by atoms with E-state index in [4.69, 9.17) is 4.84 Å². The molecule has 28 heavy (non-hydrogen) atoms. The average Bonchev–Trinajstić information content (AvgIpc) is 2.79. The minimum absolute atomic E-state index is 0.0580. The third-order valence-corrected chi connectivity index (χ3v) is 4.77. The molecule has 0 aromatic heterocycles. The van der Waals surface area contributed by atoms with E-state index in [1.807, 2.05) is 48.5 Å². The maximum Gasteiger partial charge on any atom is 0.129 e. The van der Waals surface area contributed by atoms with Crippen molar-refractivity contribution in [3.05, 3.63) is 144 Å². The summed E-state index contributed by atoms with van der Waals surface area (Å²) in [6, 6.07) is 41.3. The van der Waals surface area contributed by atoms with Gasteiger partial charge in [-0.05, 0) is 22.3 Å². The highest BCUT2D eigenvalue weighted by atomic mass is 16.7. The third kappa shape index (κ3) is 4.37. The fraction of sp³-hybridized carbons (Fsp3) is 0.0769. The van der Waals surface area contributed by atoms with E-state index in [-0.39, 0.29) is 12.1 Å². The number of hydroxylamine groups is 1. The van der Waals surface area contributed by atoms with Crippen molar-refractivity contribution < 1.29 is 4.84 Å². The molecule has 0 unspecified atom stereocenters. The summed E-state index contributed by atoms with van der Waals surface area (Å²) in [7, 11) is 0. The van der Waals surface area contributed by atoms with Gasteiger partial charge in [-0.1, -0.05) is 121 Å². The van der Waals surface area contributed by atoms with Crippen LogP contribution in [0.25, 0.3) is 0 Å². The highest BCUT2D eigenvalue weighted by molar-refractivity contribution is 5.32. The lowest BCUT2D eigenvalue weighted by Gasteiger charge is -2.24. The average molecular weight is 365 g/mol. The van der Waals surface area contributed by atoms with Crippen molar-refractivity contribution in [1.29, 1.82) is 0 Å². The van der Waals surface area contributed by atoms with Crippen molar-refractivity contribution in [3.8, 4) is 0 Å². The molecule has 0 spiro atoms. The van der Waals surface area contributed by atoms with E-state index in [9.17, 15) is 0 Å². The van der Waals surface area contributed by atoms with Crippen LogP contribution >= 0.6 is 0 Å². The molecule has 0 heterocycles. The Balaban J connectivity index is 1.64. The number of rotatable bonds is 7. The Bertz CT molecular complexity index is 794. The Morgan fingerprint density at radius 2 is 0.750 bits per heavy atom. The standard InChI is InChI=1S/C26H23NO/c1-5-13-21(14-6-1)25(22-15-7-2-8-16-22)27-28-26(23-17-9-3-10-18-23)24-19-11-4-12-20-24/h1-20,25-27H. The Morgan fingerprint density at radius 3 is 1.11 bits per heavy atom. The molecule has 0 saturated carbocycles. The summed E-state index contributed by atoms with van der Waals surface area (Å²) in [5.41, 5.74) is 7.90. The molecule has 0 fully saturated rings. The maximum atomic E-state index is 6.34. The number of nitrogens with one attached hydrogen (secondary N) is 1. The minimum Gasteiger partial charge on any atom is -0.288 e. The summed E-state index contributed by atoms with van der Waals surface area (Å²) < 4.78 is 0. The Morgan fingerprint density at radius 1 is 0.429 bits per heavy atom. The first-order valence-electron chi connectivity index (χ1n) is 9.53. The van der Waals surface area contributed by atoms with Crippen LogP contribution in [0.2, 0.25) is 0 Å². The van der Waals surface area contributed by atoms with Crippen molar-refractivity contribution in [2.75, 3.05) is 0 Å². The van der Waals surface area contributed by atoms with E-state index >= 15 is 0 Å². The monoisotopic (exact) mass is 365 g/mol. The molecule has 0 atom stereocenters. The van der Waals surface area contributed by atoms with Crippen molar-refractivity contribution in [1.82, 2.24) is 5.48 Å². The fourth-order valence-electron chi connectivity index (χ4n) is 3.34. The van der Waals surface area contributed by atoms with Crippen LogP contribution in [-0.2, 0) is 4.84 Å². The van der Waals surface area contributed by atoms with Gasteiger partial charge in [0.05, 0.1) is 6.04 Å². The zero-order valence-electron chi connectivity index (χ0n) is 15.6. The molecule has 0 aliphatic heterocycles. The summed E-state index contributed by atoms with van der Waals surface area (Å²) in [6.45, 7) is 0. The molecule has 0 bridgehead atoms. The number of hydrogen-bond acceptors (Lipinski definition) is 2. The number of hydrogen-bond donors (Lipinski definition) is 1. The van der Waals surface area contributed by atoms with Gasteiger partial charge in [-0.3, -0.25) is 4.84 Å². The van der Waals surface area contributed by atoms with Crippen LogP contribution in [-0.4, -0.2) is 0 Å². The number of benzene rings is 4. The molecule has 0 aliphatic carbocycles. The lowest BCUT2D eigenvalue weighted by molar-refractivity contribution is -0.0193. The van der Waals surface area contributed by atoms with Gasteiger partial charge in [-0.25, -0.2) is 0 Å². The molecule has 0 aliphatic rings. The third-order valence-electron chi connectivity index (χ3n) is 4.77. The molecule has 2 heteroatoms. The molecule has 0 amide bonds. The molecule has 0 saturated heterocycles. The molecule has 1 N–H and O–H groups in total. The topological polar surface area (TPSA) is 21.3 Å². The summed E-state index contributed by atoms with van der Waals surface area (Å²) >= 11 is 0. The van der Waals surface area contributed by atoms with Gasteiger partial charge < -0.3 is 0 Å². The van der Waals surface area contributed by atoms with E-state index in [2.05, 4.69) is 78.3 Å². The van der Waals surface area contributed by atoms with Gasteiger partial charge in [0.25, 0.3) is 0 Å². The van der Waals surface area contributed by atoms with Gasteiger partial charge in [0.1, 0.15) is 6.10 Å². The second kappa shape index (κ2) is 9.14. The van der Waals surface area contributed by atoms with Crippen LogP contribution in [0.15, 0.2) is 121 Å². The molecular formula is C26H23NO. The van der Waals surface area contributed by atoms with Crippen LogP contribution in [0.4, 0.5) is 0 Å². The second-order valence-electron chi connectivity index (χ2n) is 6.69. The Kier molecular flexibility index (Phi) is 5.93. The van der Waals surface area contributed by atoms with E-state index in [1.165, 1.54) is 0 Å². The molecular weight excluding hydrogens is 342 g/mol. The normalized spacial score (nSPS) is 11.1. The van der Waals surface area contributed by atoms with E-state index in [0.717, 1.165) is 22.3 Å². The molecule has 2 nitrogen and oxygen atoms in total. The van der Waals surface area contributed by atoms with Crippen LogP contribution in [0.5, 0.6) is 0 Å². The van der Waals surface area contributed by atoms with Gasteiger partial charge in [-0.15, -0.1) is 0 Å². The molecule has 138 valence electrons. The van der Waals surface area contributed by atoms with Crippen LogP contribution in [0, 0.1) is 0 Å². The quantitative estimate of drug-likeness (QED) is 0.400. The minimum atomic E-state index is -0.197. The maximum absolute atomic E-state index is 6.34. The van der Waals surface area contributed by atoms with Crippen LogP contribution in [0.3, 0.4) is 0 Å². The van der Waals surface area contributed by atoms with Gasteiger partial charge in [-0.2, -0.15) is 5.48 Å². The smallest absolute Gasteiger partial charge is 0.129 e. The Hall–Kier alpha value is -3.20. The summed E-state index contributed by atoms with van der Waals surface area (Å²) in [5, 5.41) is 0. The zero-order valence-corrected chi connectivity index (χ0v) is 15.6. The first kappa shape index (κ1) is 18.2. The van der Waals surface area contributed by atoms with Gasteiger partial charge in [0, 0.05) is 0 Å². The van der Waals surface area contributed by atoms with Crippen LogP contribution < -0.4 is 5.48 Å². The van der Waals surface area contributed by atoms with Gasteiger partial charge in [0.2, 0.25) is 0 Å². The van der Waals surface area contributed by atoms with Gasteiger partial charge in [0.15, 0.2) is 0 Å². The van der Waals surface area contributed by atoms with Crippen molar-refractivity contribution >= 4 is 0 Å². The predicted molar refractivity (Wildman–Crippen MR) is 114 cm³/mol. The molecule has 0 radical (unpaired) electrons. The lowest BCUT2D eigenvalue weighted by atomic mass is 9.99. The van der Waals surface area contributed by atoms with E-state index in [0.29, 0.717) is 0 Å². The van der Waals surface area contributed by atoms with E-state index < -0.39 is 0 Å². The first-order chi connectivity index (χ1) is 13.9. The SMILES string of the molecule is c1ccc(C(NOC(c2ccccc2)c2ccccc2)c2ccccc2)cc1. The lowest BCUT2D eigenvalue weighted by Crippen LogP contribution is -2.25. The second-order valence-corrected chi connectivity index (χ2v) is 6.69. The summed E-state index contributed by atoms with van der Waals surface area (Å²) in [6.07, 6.45) is -0.197. The van der Waals surface area contributed by atoms with Crippen molar-refractivity contribution in [3.63, 3.8) is 0 Å². The predicted octanol–water partition coefficient (Wildman–Crippen LogP) is 6.09. The molecule has 4 aromatic carbocycles. The highest BCUT2D eigenvalue weighted by Crippen LogP contribution is 2.28. The van der Waals surface area contributed by atoms with Gasteiger partial charge >= 0.3 is 0 Å². The molecule has 4 rings (SSSR count). The van der Waals surface area contributed by atoms with Crippen molar-refractivity contribution in [2.24, 2.45) is 0 Å². The Labute approximate surface area is 166 Å². The molecule has 4 aromatic rings. The van der Waals surface area contributed by atoms with Crippen molar-refractivity contribution in [2.45, 2.75) is 12.1 Å². The summed E-state index contributed by atoms with van der Waals surface area (Å²) in [5.74, 6) is 0. The highest BCUT2D eigenvalue weighted by Gasteiger charge is 2.19. The summed E-state index contributed by atoms with van der Waals surface area (Å²) in [4.78, 5) is 6.34. The van der Waals surface area contributed by atoms with E-state index in [1.54, 1.807) is 0 Å². The zero-order chi connectivity index (χ0) is 19.0. The van der Waals surface area contributed by atoms with Crippen LogP contribution in [0.1, 0.15) is 34.4 Å².